The number of nitrogens with one attached hydrogen (secondary N) is 1. The molecule has 0 aliphatic rings. The van der Waals surface area contributed by atoms with Crippen molar-refractivity contribution in [2.45, 2.75) is 244 Å². The highest BCUT2D eigenvalue weighted by molar-refractivity contribution is 5.76. The van der Waals surface area contributed by atoms with Crippen molar-refractivity contribution in [2.75, 3.05) is 6.61 Å². The lowest BCUT2D eigenvalue weighted by atomic mass is 10.0. The minimum absolute atomic E-state index is 0.0339. The van der Waals surface area contributed by atoms with Crippen LogP contribution >= 0.6 is 0 Å². The largest absolute Gasteiger partial charge is 0.394 e. The van der Waals surface area contributed by atoms with Crippen molar-refractivity contribution in [3.8, 4) is 0 Å². The zero-order valence-electron chi connectivity index (χ0n) is 31.4. The van der Waals surface area contributed by atoms with Crippen LogP contribution in [0, 0.1) is 0 Å². The number of allylic oxidation sites excluding steroid dienone is 2. The Kier molecular flexibility index (Phi) is 37.8. The summed E-state index contributed by atoms with van der Waals surface area (Å²) >= 11 is 0. The van der Waals surface area contributed by atoms with Crippen molar-refractivity contribution in [3.05, 3.63) is 12.2 Å². The van der Waals surface area contributed by atoms with Gasteiger partial charge >= 0.3 is 0 Å². The Morgan fingerprint density at radius 1 is 0.500 bits per heavy atom. The second kappa shape index (κ2) is 38.6. The van der Waals surface area contributed by atoms with Gasteiger partial charge in [-0.15, -0.1) is 0 Å². The van der Waals surface area contributed by atoms with Gasteiger partial charge < -0.3 is 15.5 Å². The first-order valence-corrected chi connectivity index (χ1v) is 20.9. The molecule has 0 aromatic rings. The molecular weight excluding hydrogens is 566 g/mol. The van der Waals surface area contributed by atoms with Crippen LogP contribution in [0.2, 0.25) is 0 Å². The van der Waals surface area contributed by atoms with Crippen molar-refractivity contribution < 1.29 is 15.0 Å². The minimum atomic E-state index is -0.657. The number of aliphatic hydroxyl groups excluding tert-OH is 2. The van der Waals surface area contributed by atoms with E-state index in [0.29, 0.717) is 12.8 Å². The molecule has 1 amide bonds. The lowest BCUT2D eigenvalue weighted by molar-refractivity contribution is -0.123. The van der Waals surface area contributed by atoms with Crippen LogP contribution in [0.1, 0.15) is 232 Å². The summed E-state index contributed by atoms with van der Waals surface area (Å²) in [5.41, 5.74) is 0. The molecule has 0 aliphatic heterocycles. The average Bonchev–Trinajstić information content (AvgIpc) is 3.06. The summed E-state index contributed by atoms with van der Waals surface area (Å²) in [5, 5.41) is 23.1. The molecular formula is C42H83NO3. The molecule has 0 aromatic carbocycles. The maximum atomic E-state index is 12.4. The lowest BCUT2D eigenvalue weighted by Gasteiger charge is -2.22. The molecule has 0 saturated carbocycles. The van der Waals surface area contributed by atoms with Gasteiger partial charge in [0.25, 0.3) is 0 Å². The van der Waals surface area contributed by atoms with Crippen molar-refractivity contribution in [1.82, 2.24) is 5.32 Å². The van der Waals surface area contributed by atoms with Crippen molar-refractivity contribution >= 4 is 5.91 Å². The number of amides is 1. The van der Waals surface area contributed by atoms with Gasteiger partial charge in [0.15, 0.2) is 0 Å². The van der Waals surface area contributed by atoms with E-state index in [9.17, 15) is 15.0 Å². The first-order valence-electron chi connectivity index (χ1n) is 20.9. The second-order valence-electron chi connectivity index (χ2n) is 14.4. The lowest BCUT2D eigenvalue weighted by Crippen LogP contribution is -2.45. The van der Waals surface area contributed by atoms with E-state index in [1.807, 2.05) is 0 Å². The Morgan fingerprint density at radius 2 is 0.826 bits per heavy atom. The van der Waals surface area contributed by atoms with Gasteiger partial charge in [0, 0.05) is 6.42 Å². The number of rotatable bonds is 38. The minimum Gasteiger partial charge on any atom is -0.394 e. The molecule has 0 rings (SSSR count). The Balaban J connectivity index is 3.52. The molecule has 274 valence electrons. The molecule has 0 saturated heterocycles. The third-order valence-electron chi connectivity index (χ3n) is 9.78. The summed E-state index contributed by atoms with van der Waals surface area (Å²) in [4.78, 5) is 12.4. The zero-order chi connectivity index (χ0) is 33.6. The van der Waals surface area contributed by atoms with E-state index in [2.05, 4.69) is 31.3 Å². The van der Waals surface area contributed by atoms with Crippen molar-refractivity contribution in [3.63, 3.8) is 0 Å². The first kappa shape index (κ1) is 45.1. The molecule has 2 atom stereocenters. The molecule has 46 heavy (non-hydrogen) atoms. The fourth-order valence-electron chi connectivity index (χ4n) is 6.53. The standard InChI is InChI=1S/C42H83NO3/c1-3-5-7-9-11-13-15-17-19-21-22-24-26-28-30-32-34-36-38-42(46)43-40(39-44)41(45)37-35-33-31-29-27-25-23-20-18-16-14-12-10-8-6-4-2/h19,21,40-41,44-45H,3-18,20,22-39H2,1-2H3,(H,43,46)/b21-19-. The normalized spacial score (nSPS) is 13.0. The Labute approximate surface area is 288 Å². The maximum absolute atomic E-state index is 12.4. The van der Waals surface area contributed by atoms with Crippen LogP contribution in [0.4, 0.5) is 0 Å². The molecule has 0 bridgehead atoms. The molecule has 0 aromatic heterocycles. The van der Waals surface area contributed by atoms with Crippen molar-refractivity contribution in [2.24, 2.45) is 0 Å². The van der Waals surface area contributed by atoms with Gasteiger partial charge in [0.1, 0.15) is 0 Å². The number of hydrogen-bond acceptors (Lipinski definition) is 3. The van der Waals surface area contributed by atoms with Gasteiger partial charge in [-0.3, -0.25) is 4.79 Å². The Hall–Kier alpha value is -0.870. The van der Waals surface area contributed by atoms with Crippen molar-refractivity contribution in [1.29, 1.82) is 0 Å². The van der Waals surface area contributed by atoms with Gasteiger partial charge in [0.05, 0.1) is 18.8 Å². The fourth-order valence-corrected chi connectivity index (χ4v) is 6.53. The third-order valence-corrected chi connectivity index (χ3v) is 9.78. The van der Waals surface area contributed by atoms with Crippen LogP contribution in [0.5, 0.6) is 0 Å². The van der Waals surface area contributed by atoms with Crippen LogP contribution in [0.3, 0.4) is 0 Å². The quantitative estimate of drug-likeness (QED) is 0.0460. The monoisotopic (exact) mass is 650 g/mol. The predicted molar refractivity (Wildman–Crippen MR) is 202 cm³/mol. The summed E-state index contributed by atoms with van der Waals surface area (Å²) in [7, 11) is 0. The Bertz CT molecular complexity index is 622. The van der Waals surface area contributed by atoms with Gasteiger partial charge in [-0.1, -0.05) is 199 Å². The van der Waals surface area contributed by atoms with E-state index in [1.165, 1.54) is 180 Å². The van der Waals surface area contributed by atoms with E-state index in [4.69, 9.17) is 0 Å². The van der Waals surface area contributed by atoms with E-state index in [1.54, 1.807) is 0 Å². The van der Waals surface area contributed by atoms with Gasteiger partial charge in [-0.2, -0.15) is 0 Å². The van der Waals surface area contributed by atoms with E-state index in [-0.39, 0.29) is 12.5 Å². The summed E-state index contributed by atoms with van der Waals surface area (Å²) in [5.74, 6) is -0.0339. The predicted octanol–water partition coefficient (Wildman–Crippen LogP) is 12.7. The highest BCUT2D eigenvalue weighted by Gasteiger charge is 2.19. The maximum Gasteiger partial charge on any atom is 0.220 e. The van der Waals surface area contributed by atoms with E-state index in [0.717, 1.165) is 25.7 Å². The topological polar surface area (TPSA) is 69.6 Å². The number of unbranched alkanes of at least 4 members (excludes halogenated alkanes) is 29. The summed E-state index contributed by atoms with van der Waals surface area (Å²) < 4.78 is 0. The summed E-state index contributed by atoms with van der Waals surface area (Å²) in [6.45, 7) is 4.36. The second-order valence-corrected chi connectivity index (χ2v) is 14.4. The van der Waals surface area contributed by atoms with Gasteiger partial charge in [-0.05, 0) is 38.5 Å². The average molecular weight is 650 g/mol. The molecule has 4 nitrogen and oxygen atoms in total. The number of carbonyl (C=O) groups excluding carboxylic acids is 1. The number of aliphatic hydroxyl groups is 2. The van der Waals surface area contributed by atoms with E-state index >= 15 is 0 Å². The highest BCUT2D eigenvalue weighted by Crippen LogP contribution is 2.16. The van der Waals surface area contributed by atoms with Crippen LogP contribution in [0.15, 0.2) is 12.2 Å². The van der Waals surface area contributed by atoms with Gasteiger partial charge in [0.2, 0.25) is 5.91 Å². The molecule has 0 radical (unpaired) electrons. The smallest absolute Gasteiger partial charge is 0.220 e. The van der Waals surface area contributed by atoms with Crippen LogP contribution in [-0.2, 0) is 4.79 Å². The van der Waals surface area contributed by atoms with Crippen LogP contribution in [-0.4, -0.2) is 34.9 Å². The first-order chi connectivity index (χ1) is 22.7. The molecule has 4 heteroatoms. The number of carbonyl (C=O) groups is 1. The molecule has 2 unspecified atom stereocenters. The van der Waals surface area contributed by atoms with E-state index < -0.39 is 12.1 Å². The van der Waals surface area contributed by atoms with Crippen LogP contribution < -0.4 is 5.32 Å². The number of hydrogen-bond donors (Lipinski definition) is 3. The summed E-state index contributed by atoms with van der Waals surface area (Å²) in [6, 6.07) is -0.534. The molecule has 3 N–H and O–H groups in total. The molecule has 0 spiro atoms. The summed E-state index contributed by atoms with van der Waals surface area (Å²) in [6.07, 6.45) is 47.0. The SMILES string of the molecule is CCCCCCCCC/C=C\CCCCCCCCCC(=O)NC(CO)C(O)CCCCCCCCCCCCCCCCCC. The third kappa shape index (κ3) is 34.5. The van der Waals surface area contributed by atoms with Gasteiger partial charge in [-0.25, -0.2) is 0 Å². The zero-order valence-corrected chi connectivity index (χ0v) is 31.4. The fraction of sp³-hybridized carbons (Fsp3) is 0.929. The molecule has 0 heterocycles. The Morgan fingerprint density at radius 3 is 1.20 bits per heavy atom. The molecule has 0 fully saturated rings. The molecule has 0 aliphatic carbocycles. The van der Waals surface area contributed by atoms with Crippen LogP contribution in [0.25, 0.3) is 0 Å². The highest BCUT2D eigenvalue weighted by atomic mass is 16.3.